The van der Waals surface area contributed by atoms with Crippen molar-refractivity contribution in [2.75, 3.05) is 23.7 Å². The summed E-state index contributed by atoms with van der Waals surface area (Å²) in [5, 5.41) is 9.47. The molecule has 0 fully saturated rings. The lowest BCUT2D eigenvalue weighted by atomic mass is 10.2. The van der Waals surface area contributed by atoms with Crippen LogP contribution in [0.15, 0.2) is 12.1 Å². The highest BCUT2D eigenvalue weighted by atomic mass is 32.1. The summed E-state index contributed by atoms with van der Waals surface area (Å²) in [5.41, 5.74) is 1.75. The molecule has 0 radical (unpaired) electrons. The summed E-state index contributed by atoms with van der Waals surface area (Å²) in [6.45, 7) is 12.6. The van der Waals surface area contributed by atoms with Crippen LogP contribution in [0.25, 0.3) is 0 Å². The minimum absolute atomic E-state index is 0.231. The SMILES string of the molecule is Cc1ccc(C(=O)Nc2nc(C)c(C)s2)c(NCCCCCNC(=O)OC(C)(C)C)n1. The lowest BCUT2D eigenvalue weighted by Crippen LogP contribution is -2.33. The Labute approximate surface area is 188 Å². The molecule has 2 rings (SSSR count). The first kappa shape index (κ1) is 24.6. The average Bonchev–Trinajstić information content (AvgIpc) is 2.96. The Bertz CT molecular complexity index is 886. The summed E-state index contributed by atoms with van der Waals surface area (Å²) in [5.74, 6) is 0.333. The number of hydrogen-bond acceptors (Lipinski definition) is 7. The van der Waals surface area contributed by atoms with Gasteiger partial charge in [0, 0.05) is 23.7 Å². The first-order chi connectivity index (χ1) is 14.5. The predicted molar refractivity (Wildman–Crippen MR) is 125 cm³/mol. The topological polar surface area (TPSA) is 105 Å². The summed E-state index contributed by atoms with van der Waals surface area (Å²) in [7, 11) is 0. The summed E-state index contributed by atoms with van der Waals surface area (Å²) in [6, 6.07) is 3.60. The summed E-state index contributed by atoms with van der Waals surface area (Å²) >= 11 is 1.46. The highest BCUT2D eigenvalue weighted by Gasteiger charge is 2.16. The molecule has 2 aromatic rings. The van der Waals surface area contributed by atoms with E-state index >= 15 is 0 Å². The predicted octanol–water partition coefficient (Wildman–Crippen LogP) is 4.82. The van der Waals surface area contributed by atoms with Gasteiger partial charge in [-0.15, -0.1) is 11.3 Å². The van der Waals surface area contributed by atoms with Gasteiger partial charge in [0.2, 0.25) is 0 Å². The van der Waals surface area contributed by atoms with E-state index in [1.165, 1.54) is 11.3 Å². The molecule has 0 aliphatic rings. The van der Waals surface area contributed by atoms with Crippen molar-refractivity contribution in [3.8, 4) is 0 Å². The van der Waals surface area contributed by atoms with Gasteiger partial charge in [0.15, 0.2) is 5.13 Å². The molecule has 0 aromatic carbocycles. The number of hydrogen-bond donors (Lipinski definition) is 3. The largest absolute Gasteiger partial charge is 0.444 e. The van der Waals surface area contributed by atoms with E-state index in [1.54, 1.807) is 6.07 Å². The van der Waals surface area contributed by atoms with Gasteiger partial charge in [-0.25, -0.2) is 14.8 Å². The monoisotopic (exact) mass is 447 g/mol. The maximum absolute atomic E-state index is 12.7. The van der Waals surface area contributed by atoms with Crippen molar-refractivity contribution in [1.29, 1.82) is 0 Å². The number of rotatable bonds is 9. The number of unbranched alkanes of at least 4 members (excludes halogenated alkanes) is 2. The zero-order valence-electron chi connectivity index (χ0n) is 19.2. The van der Waals surface area contributed by atoms with Gasteiger partial charge in [0.05, 0.1) is 11.3 Å². The molecular weight excluding hydrogens is 414 g/mol. The van der Waals surface area contributed by atoms with Crippen molar-refractivity contribution < 1.29 is 14.3 Å². The van der Waals surface area contributed by atoms with E-state index in [1.807, 2.05) is 47.6 Å². The quantitative estimate of drug-likeness (QED) is 0.476. The molecule has 8 nitrogen and oxygen atoms in total. The number of alkyl carbamates (subject to hydrolysis) is 1. The molecule has 9 heteroatoms. The van der Waals surface area contributed by atoms with E-state index in [-0.39, 0.29) is 5.91 Å². The lowest BCUT2D eigenvalue weighted by Gasteiger charge is -2.19. The number of carbonyl (C=O) groups excluding carboxylic acids is 2. The number of aryl methyl sites for hydroxylation is 3. The van der Waals surface area contributed by atoms with Crippen LogP contribution >= 0.6 is 11.3 Å². The highest BCUT2D eigenvalue weighted by molar-refractivity contribution is 7.15. The normalized spacial score (nSPS) is 11.2. The minimum Gasteiger partial charge on any atom is -0.444 e. The number of amides is 2. The van der Waals surface area contributed by atoms with Crippen LogP contribution in [-0.2, 0) is 4.74 Å². The summed E-state index contributed by atoms with van der Waals surface area (Å²) in [4.78, 5) is 34.3. The molecule has 2 amide bonds. The van der Waals surface area contributed by atoms with Crippen molar-refractivity contribution >= 4 is 34.3 Å². The maximum Gasteiger partial charge on any atom is 0.407 e. The number of nitrogens with one attached hydrogen (secondary N) is 3. The van der Waals surface area contributed by atoms with Gasteiger partial charge in [-0.1, -0.05) is 0 Å². The fraction of sp³-hybridized carbons (Fsp3) is 0.545. The Morgan fingerprint density at radius 1 is 1.03 bits per heavy atom. The van der Waals surface area contributed by atoms with Crippen LogP contribution in [0, 0.1) is 20.8 Å². The molecule has 2 heterocycles. The molecule has 0 unspecified atom stereocenters. The van der Waals surface area contributed by atoms with E-state index in [2.05, 4.69) is 25.9 Å². The van der Waals surface area contributed by atoms with Crippen molar-refractivity contribution in [3.63, 3.8) is 0 Å². The molecular formula is C22H33N5O3S. The van der Waals surface area contributed by atoms with Crippen LogP contribution < -0.4 is 16.0 Å². The van der Waals surface area contributed by atoms with E-state index in [4.69, 9.17) is 4.74 Å². The third-order valence-corrected chi connectivity index (χ3v) is 5.33. The van der Waals surface area contributed by atoms with E-state index in [9.17, 15) is 9.59 Å². The first-order valence-electron chi connectivity index (χ1n) is 10.5. The Morgan fingerprint density at radius 2 is 1.74 bits per heavy atom. The molecule has 170 valence electrons. The molecule has 0 aliphatic carbocycles. The number of ether oxygens (including phenoxy) is 1. The third kappa shape index (κ3) is 8.53. The average molecular weight is 448 g/mol. The van der Waals surface area contributed by atoms with Crippen LogP contribution in [0.2, 0.25) is 0 Å². The number of aromatic nitrogens is 2. The Balaban J connectivity index is 1.79. The zero-order chi connectivity index (χ0) is 23.0. The van der Waals surface area contributed by atoms with Crippen molar-refractivity contribution in [3.05, 3.63) is 34.0 Å². The summed E-state index contributed by atoms with van der Waals surface area (Å²) < 4.78 is 5.21. The standard InChI is InChI=1S/C22H33N5O3S/c1-14-10-11-17(19(28)27-20-26-15(2)16(3)31-20)18(25-14)23-12-8-7-9-13-24-21(29)30-22(4,5)6/h10-11H,7-9,12-13H2,1-6H3,(H,23,25)(H,24,29)(H,26,27,28). The fourth-order valence-corrected chi connectivity index (χ4v) is 3.51. The van der Waals surface area contributed by atoms with Gasteiger partial charge in [-0.05, 0) is 72.9 Å². The van der Waals surface area contributed by atoms with Crippen molar-refractivity contribution in [2.45, 2.75) is 66.4 Å². The molecule has 0 saturated heterocycles. The molecule has 3 N–H and O–H groups in total. The van der Waals surface area contributed by atoms with Crippen molar-refractivity contribution in [1.82, 2.24) is 15.3 Å². The van der Waals surface area contributed by atoms with Crippen LogP contribution in [0.3, 0.4) is 0 Å². The van der Waals surface area contributed by atoms with E-state index in [0.717, 1.165) is 35.5 Å². The fourth-order valence-electron chi connectivity index (χ4n) is 2.70. The van der Waals surface area contributed by atoms with E-state index in [0.29, 0.717) is 29.6 Å². The number of nitrogens with zero attached hydrogens (tertiary/aromatic N) is 2. The minimum atomic E-state index is -0.490. The van der Waals surface area contributed by atoms with Crippen LogP contribution in [0.1, 0.15) is 66.7 Å². The first-order valence-corrected chi connectivity index (χ1v) is 11.3. The smallest absolute Gasteiger partial charge is 0.407 e. The molecule has 0 atom stereocenters. The molecule has 0 bridgehead atoms. The maximum atomic E-state index is 12.7. The second-order valence-corrected chi connectivity index (χ2v) is 9.58. The van der Waals surface area contributed by atoms with Gasteiger partial charge in [-0.3, -0.25) is 10.1 Å². The molecule has 0 spiro atoms. The second kappa shape index (κ2) is 11.1. The Morgan fingerprint density at radius 3 is 2.39 bits per heavy atom. The second-order valence-electron chi connectivity index (χ2n) is 8.38. The molecule has 0 saturated carbocycles. The van der Waals surface area contributed by atoms with Gasteiger partial charge in [-0.2, -0.15) is 0 Å². The molecule has 2 aromatic heterocycles. The van der Waals surface area contributed by atoms with Gasteiger partial charge in [0.25, 0.3) is 5.91 Å². The van der Waals surface area contributed by atoms with Crippen LogP contribution in [-0.4, -0.2) is 40.7 Å². The van der Waals surface area contributed by atoms with Gasteiger partial charge >= 0.3 is 6.09 Å². The number of carbonyl (C=O) groups is 2. The van der Waals surface area contributed by atoms with Gasteiger partial charge < -0.3 is 15.4 Å². The Hall–Kier alpha value is -2.68. The highest BCUT2D eigenvalue weighted by Crippen LogP contribution is 2.23. The summed E-state index contributed by atoms with van der Waals surface area (Å²) in [6.07, 6.45) is 2.26. The Kier molecular flexibility index (Phi) is 8.79. The van der Waals surface area contributed by atoms with E-state index < -0.39 is 11.7 Å². The van der Waals surface area contributed by atoms with Crippen molar-refractivity contribution in [2.24, 2.45) is 0 Å². The number of thiazole rings is 1. The number of pyridine rings is 1. The van der Waals surface area contributed by atoms with Gasteiger partial charge in [0.1, 0.15) is 11.4 Å². The molecule has 31 heavy (non-hydrogen) atoms. The van der Waals surface area contributed by atoms with Crippen LogP contribution in [0.4, 0.5) is 15.7 Å². The third-order valence-electron chi connectivity index (χ3n) is 4.34. The van der Waals surface area contributed by atoms with Crippen LogP contribution in [0.5, 0.6) is 0 Å². The molecule has 0 aliphatic heterocycles. The zero-order valence-corrected chi connectivity index (χ0v) is 20.0. The lowest BCUT2D eigenvalue weighted by molar-refractivity contribution is 0.0527. The number of anilines is 2.